The molecule has 0 spiro atoms. The number of methoxy groups -OCH3 is 1. The molecule has 0 aliphatic rings. The number of nitrogens with zero attached hydrogens (tertiary/aromatic N) is 2. The number of hydrogen-bond donors (Lipinski definition) is 1. The van der Waals surface area contributed by atoms with E-state index in [2.05, 4.69) is 15.5 Å². The van der Waals surface area contributed by atoms with Crippen LogP contribution in [0.15, 0.2) is 53.9 Å². The first-order valence-electron chi connectivity index (χ1n) is 6.70. The van der Waals surface area contributed by atoms with Gasteiger partial charge < -0.3 is 4.74 Å². The minimum absolute atomic E-state index is 0.126. The van der Waals surface area contributed by atoms with Crippen molar-refractivity contribution in [1.29, 1.82) is 0 Å². The van der Waals surface area contributed by atoms with E-state index >= 15 is 0 Å². The molecule has 0 aliphatic heterocycles. The molecule has 2 rings (SSSR count). The molecule has 0 saturated heterocycles. The second-order valence-electron chi connectivity index (χ2n) is 4.42. The third-order valence-electron chi connectivity index (χ3n) is 2.75. The molecule has 1 heterocycles. The van der Waals surface area contributed by atoms with Gasteiger partial charge in [0.05, 0.1) is 19.1 Å². The molecule has 0 atom stereocenters. The van der Waals surface area contributed by atoms with Gasteiger partial charge in [-0.05, 0) is 23.8 Å². The van der Waals surface area contributed by atoms with Crippen LogP contribution in [-0.4, -0.2) is 30.0 Å². The lowest BCUT2D eigenvalue weighted by atomic mass is 10.2. The number of carbonyl (C=O) groups excluding carboxylic acids is 1. The number of hydrazone groups is 1. The third kappa shape index (κ3) is 5.57. The number of thioether (sulfide) groups is 1. The Morgan fingerprint density at radius 2 is 2.18 bits per heavy atom. The molecule has 5 nitrogen and oxygen atoms in total. The van der Waals surface area contributed by atoms with E-state index in [-0.39, 0.29) is 5.91 Å². The zero-order chi connectivity index (χ0) is 15.6. The minimum Gasteiger partial charge on any atom is -0.497 e. The van der Waals surface area contributed by atoms with E-state index in [0.29, 0.717) is 5.75 Å². The smallest absolute Gasteiger partial charge is 0.250 e. The predicted octanol–water partition coefficient (Wildman–Crippen LogP) is 2.47. The van der Waals surface area contributed by atoms with Crippen molar-refractivity contribution >= 4 is 23.9 Å². The van der Waals surface area contributed by atoms with Crippen molar-refractivity contribution in [1.82, 2.24) is 10.4 Å². The van der Waals surface area contributed by atoms with E-state index < -0.39 is 0 Å². The van der Waals surface area contributed by atoms with Gasteiger partial charge in [0.15, 0.2) is 0 Å². The molecule has 0 saturated carbocycles. The fourth-order valence-corrected chi connectivity index (χ4v) is 2.43. The van der Waals surface area contributed by atoms with Crippen molar-refractivity contribution in [3.63, 3.8) is 0 Å². The highest BCUT2D eigenvalue weighted by molar-refractivity contribution is 7.99. The van der Waals surface area contributed by atoms with E-state index in [9.17, 15) is 4.79 Å². The highest BCUT2D eigenvalue weighted by Gasteiger charge is 2.01. The van der Waals surface area contributed by atoms with Gasteiger partial charge in [0, 0.05) is 23.7 Å². The van der Waals surface area contributed by atoms with Crippen LogP contribution in [0.3, 0.4) is 0 Å². The highest BCUT2D eigenvalue weighted by atomic mass is 32.2. The summed E-state index contributed by atoms with van der Waals surface area (Å²) >= 11 is 1.54. The van der Waals surface area contributed by atoms with Crippen LogP contribution < -0.4 is 10.2 Å². The zero-order valence-electron chi connectivity index (χ0n) is 12.2. The molecule has 1 aromatic heterocycles. The van der Waals surface area contributed by atoms with Crippen LogP contribution in [0.2, 0.25) is 0 Å². The van der Waals surface area contributed by atoms with Gasteiger partial charge >= 0.3 is 0 Å². The van der Waals surface area contributed by atoms with Gasteiger partial charge in [0.1, 0.15) is 5.75 Å². The minimum atomic E-state index is -0.126. The summed E-state index contributed by atoms with van der Waals surface area (Å²) in [6.07, 6.45) is 4.93. The number of benzene rings is 1. The van der Waals surface area contributed by atoms with Crippen LogP contribution >= 0.6 is 11.8 Å². The Labute approximate surface area is 133 Å². The van der Waals surface area contributed by atoms with E-state index in [1.165, 1.54) is 11.8 Å². The molecule has 2 aromatic rings. The number of nitrogens with one attached hydrogen (secondary N) is 1. The second-order valence-corrected chi connectivity index (χ2v) is 5.41. The number of amides is 1. The topological polar surface area (TPSA) is 63.6 Å². The van der Waals surface area contributed by atoms with Crippen molar-refractivity contribution < 1.29 is 9.53 Å². The van der Waals surface area contributed by atoms with Crippen molar-refractivity contribution in [2.75, 3.05) is 12.9 Å². The quantitative estimate of drug-likeness (QED) is 0.630. The van der Waals surface area contributed by atoms with Crippen molar-refractivity contribution in [2.45, 2.75) is 5.75 Å². The maximum atomic E-state index is 11.6. The summed E-state index contributed by atoms with van der Waals surface area (Å²) in [5.41, 5.74) is 4.49. The summed E-state index contributed by atoms with van der Waals surface area (Å²) in [5.74, 6) is 1.83. The van der Waals surface area contributed by atoms with Crippen LogP contribution in [0, 0.1) is 0 Å². The maximum absolute atomic E-state index is 11.6. The summed E-state index contributed by atoms with van der Waals surface area (Å²) < 4.78 is 5.10. The molecule has 0 aliphatic carbocycles. The summed E-state index contributed by atoms with van der Waals surface area (Å²) in [5, 5.41) is 3.90. The maximum Gasteiger partial charge on any atom is 0.250 e. The molecule has 6 heteroatoms. The SMILES string of the molecule is COc1ccc(CSCC(=O)N/N=C/c2cccnc2)cc1. The van der Waals surface area contributed by atoms with Gasteiger partial charge in [0.25, 0.3) is 0 Å². The normalized spacial score (nSPS) is 10.6. The molecule has 1 aromatic carbocycles. The van der Waals surface area contributed by atoms with Gasteiger partial charge in [-0.15, -0.1) is 11.8 Å². The Bertz CT molecular complexity index is 615. The molecule has 114 valence electrons. The van der Waals surface area contributed by atoms with Gasteiger partial charge in [-0.1, -0.05) is 18.2 Å². The van der Waals surface area contributed by atoms with Crippen LogP contribution in [0.25, 0.3) is 0 Å². The lowest BCUT2D eigenvalue weighted by molar-refractivity contribution is -0.118. The molecular weight excluding hydrogens is 298 g/mol. The summed E-state index contributed by atoms with van der Waals surface area (Å²) in [4.78, 5) is 15.6. The van der Waals surface area contributed by atoms with Crippen LogP contribution in [0.1, 0.15) is 11.1 Å². The molecule has 0 fully saturated rings. The Kier molecular flexibility index (Phi) is 6.44. The molecule has 0 radical (unpaired) electrons. The Balaban J connectivity index is 1.68. The number of carbonyl (C=O) groups is 1. The molecular formula is C16H17N3O2S. The van der Waals surface area contributed by atoms with E-state index in [0.717, 1.165) is 22.6 Å². The molecule has 1 amide bonds. The summed E-state index contributed by atoms with van der Waals surface area (Å²) in [7, 11) is 1.64. The van der Waals surface area contributed by atoms with E-state index in [4.69, 9.17) is 4.74 Å². The number of aromatic nitrogens is 1. The van der Waals surface area contributed by atoms with Gasteiger partial charge in [-0.3, -0.25) is 9.78 Å². The number of ether oxygens (including phenoxy) is 1. The first-order valence-corrected chi connectivity index (χ1v) is 7.86. The molecule has 1 N–H and O–H groups in total. The van der Waals surface area contributed by atoms with E-state index in [1.54, 1.807) is 25.7 Å². The van der Waals surface area contributed by atoms with Crippen molar-refractivity contribution in [2.24, 2.45) is 5.10 Å². The first-order chi connectivity index (χ1) is 10.8. The number of pyridine rings is 1. The first kappa shape index (κ1) is 16.0. The van der Waals surface area contributed by atoms with Gasteiger partial charge in [0.2, 0.25) is 5.91 Å². The van der Waals surface area contributed by atoms with Crippen LogP contribution in [0.5, 0.6) is 5.75 Å². The summed E-state index contributed by atoms with van der Waals surface area (Å²) in [6, 6.07) is 11.5. The fourth-order valence-electron chi connectivity index (χ4n) is 1.65. The number of rotatable bonds is 7. The van der Waals surface area contributed by atoms with Crippen LogP contribution in [-0.2, 0) is 10.5 Å². The van der Waals surface area contributed by atoms with E-state index in [1.807, 2.05) is 36.4 Å². The Hall–Kier alpha value is -2.34. The standard InChI is InChI=1S/C16H17N3O2S/c1-21-15-6-4-13(5-7-15)11-22-12-16(20)19-18-10-14-3-2-8-17-9-14/h2-10H,11-12H2,1H3,(H,19,20)/b18-10+. The zero-order valence-corrected chi connectivity index (χ0v) is 13.0. The van der Waals surface area contributed by atoms with Crippen molar-refractivity contribution in [3.8, 4) is 5.75 Å². The third-order valence-corrected chi connectivity index (χ3v) is 3.75. The Morgan fingerprint density at radius 1 is 1.36 bits per heavy atom. The number of hydrogen-bond acceptors (Lipinski definition) is 5. The predicted molar refractivity (Wildman–Crippen MR) is 89.1 cm³/mol. The molecule has 0 unspecified atom stereocenters. The summed E-state index contributed by atoms with van der Waals surface area (Å²) in [6.45, 7) is 0. The van der Waals surface area contributed by atoms with Gasteiger partial charge in [-0.2, -0.15) is 5.10 Å². The largest absolute Gasteiger partial charge is 0.497 e. The van der Waals surface area contributed by atoms with Crippen molar-refractivity contribution in [3.05, 3.63) is 59.9 Å². The average molecular weight is 315 g/mol. The Morgan fingerprint density at radius 3 is 2.86 bits per heavy atom. The average Bonchev–Trinajstić information content (AvgIpc) is 2.56. The van der Waals surface area contributed by atoms with Gasteiger partial charge in [-0.25, -0.2) is 5.43 Å². The highest BCUT2D eigenvalue weighted by Crippen LogP contribution is 2.16. The molecule has 22 heavy (non-hydrogen) atoms. The second kappa shape index (κ2) is 8.84. The fraction of sp³-hybridized carbons (Fsp3) is 0.188. The lowest BCUT2D eigenvalue weighted by Crippen LogP contribution is -2.19. The molecule has 0 bridgehead atoms. The monoisotopic (exact) mass is 315 g/mol. The van der Waals surface area contributed by atoms with Crippen LogP contribution in [0.4, 0.5) is 0 Å². The lowest BCUT2D eigenvalue weighted by Gasteiger charge is -2.03.